The largest absolute Gasteiger partial charge is 0.484 e. The lowest BCUT2D eigenvalue weighted by molar-refractivity contribution is -0.123. The smallest absolute Gasteiger partial charge is 0.257 e. The molecule has 4 nitrogen and oxygen atoms in total. The molecular weight excluding hydrogens is 332 g/mol. The maximum atomic E-state index is 11.9. The minimum Gasteiger partial charge on any atom is -0.484 e. The fraction of sp³-hybridized carbons (Fsp3) is 0.450. The average Bonchev–Trinajstić information content (AvgIpc) is 3.16. The topological polar surface area (TPSA) is 41.6 Å². The molecule has 5 heteroatoms. The summed E-state index contributed by atoms with van der Waals surface area (Å²) < 4.78 is 5.50. The Morgan fingerprint density at radius 1 is 1.24 bits per heavy atom. The van der Waals surface area contributed by atoms with Gasteiger partial charge in [0.2, 0.25) is 0 Å². The Morgan fingerprint density at radius 3 is 2.68 bits per heavy atom. The highest BCUT2D eigenvalue weighted by Gasteiger charge is 2.20. The zero-order chi connectivity index (χ0) is 17.5. The molecule has 3 rings (SSSR count). The number of nitrogens with one attached hydrogen (secondary N) is 1. The number of likely N-dealkylation sites (tertiary alicyclic amines) is 1. The number of benzene rings is 1. The summed E-state index contributed by atoms with van der Waals surface area (Å²) in [6.45, 7) is 5.91. The van der Waals surface area contributed by atoms with Crippen LogP contribution in [-0.2, 0) is 4.79 Å². The van der Waals surface area contributed by atoms with Crippen molar-refractivity contribution in [1.82, 2.24) is 10.2 Å². The van der Waals surface area contributed by atoms with Gasteiger partial charge in [-0.3, -0.25) is 4.79 Å². The van der Waals surface area contributed by atoms with Gasteiger partial charge in [0.05, 0.1) is 0 Å². The third-order valence-corrected chi connectivity index (χ3v) is 5.71. The van der Waals surface area contributed by atoms with Gasteiger partial charge in [0.15, 0.2) is 6.61 Å². The Bertz CT molecular complexity index is 647. The van der Waals surface area contributed by atoms with Crippen molar-refractivity contribution in [2.24, 2.45) is 0 Å². The second-order valence-electron chi connectivity index (χ2n) is 6.58. The summed E-state index contributed by atoms with van der Waals surface area (Å²) in [5.74, 6) is 1.39. The van der Waals surface area contributed by atoms with Crippen molar-refractivity contribution in [3.8, 4) is 5.75 Å². The summed E-state index contributed by atoms with van der Waals surface area (Å²) in [4.78, 5) is 15.8. The standard InChI is InChI=1S/C20H26N2O2S/c1-16-4-6-18(7-5-16)24-15-20(23)21-10-13-22-11-8-17(9-12-22)19-3-2-14-25-19/h2-7,14,17H,8-13,15H2,1H3,(H,21,23). The highest BCUT2D eigenvalue weighted by atomic mass is 32.1. The summed E-state index contributed by atoms with van der Waals surface area (Å²) in [6, 6.07) is 12.1. The van der Waals surface area contributed by atoms with Crippen LogP contribution in [0.3, 0.4) is 0 Å². The predicted molar refractivity (Wildman–Crippen MR) is 102 cm³/mol. The molecule has 1 amide bonds. The maximum absolute atomic E-state index is 11.9. The Balaban J connectivity index is 1.29. The molecule has 134 valence electrons. The molecular formula is C20H26N2O2S. The summed E-state index contributed by atoms with van der Waals surface area (Å²) in [7, 11) is 0. The van der Waals surface area contributed by atoms with Crippen molar-refractivity contribution in [2.75, 3.05) is 32.8 Å². The molecule has 1 aliphatic heterocycles. The Hall–Kier alpha value is -1.85. The fourth-order valence-electron chi connectivity index (χ4n) is 3.15. The van der Waals surface area contributed by atoms with E-state index in [1.165, 1.54) is 23.3 Å². The number of piperidine rings is 1. The number of thiophene rings is 1. The molecule has 0 saturated carbocycles. The van der Waals surface area contributed by atoms with E-state index in [9.17, 15) is 4.79 Å². The molecule has 0 spiro atoms. The third-order valence-electron chi connectivity index (χ3n) is 4.67. The maximum Gasteiger partial charge on any atom is 0.257 e. The molecule has 2 aromatic rings. The molecule has 1 fully saturated rings. The second-order valence-corrected chi connectivity index (χ2v) is 7.56. The van der Waals surface area contributed by atoms with Crippen LogP contribution in [0.2, 0.25) is 0 Å². The van der Waals surface area contributed by atoms with Crippen LogP contribution in [0.5, 0.6) is 5.75 Å². The Morgan fingerprint density at radius 2 is 2.00 bits per heavy atom. The van der Waals surface area contributed by atoms with Crippen molar-refractivity contribution in [1.29, 1.82) is 0 Å². The number of nitrogens with zero attached hydrogens (tertiary/aromatic N) is 1. The number of rotatable bonds is 7. The third kappa shape index (κ3) is 5.58. The summed E-state index contributed by atoms with van der Waals surface area (Å²) in [5, 5.41) is 5.11. The van der Waals surface area contributed by atoms with Crippen LogP contribution in [0.25, 0.3) is 0 Å². The number of hydrogen-bond acceptors (Lipinski definition) is 4. The molecule has 0 unspecified atom stereocenters. The predicted octanol–water partition coefficient (Wildman–Crippen LogP) is 3.43. The molecule has 1 N–H and O–H groups in total. The van der Waals surface area contributed by atoms with E-state index in [2.05, 4.69) is 27.7 Å². The molecule has 0 bridgehead atoms. The molecule has 1 aromatic heterocycles. The fourth-order valence-corrected chi connectivity index (χ4v) is 4.05. The molecule has 25 heavy (non-hydrogen) atoms. The van der Waals surface area contributed by atoms with E-state index in [-0.39, 0.29) is 12.5 Å². The van der Waals surface area contributed by atoms with Gasteiger partial charge in [-0.1, -0.05) is 23.8 Å². The molecule has 0 aliphatic carbocycles. The van der Waals surface area contributed by atoms with Gasteiger partial charge in [-0.15, -0.1) is 11.3 Å². The van der Waals surface area contributed by atoms with Gasteiger partial charge >= 0.3 is 0 Å². The van der Waals surface area contributed by atoms with E-state index in [0.717, 1.165) is 25.4 Å². The molecule has 2 heterocycles. The van der Waals surface area contributed by atoms with Crippen molar-refractivity contribution in [3.05, 3.63) is 52.2 Å². The quantitative estimate of drug-likeness (QED) is 0.824. The van der Waals surface area contributed by atoms with Gasteiger partial charge < -0.3 is 15.0 Å². The minimum atomic E-state index is -0.0611. The van der Waals surface area contributed by atoms with Crippen LogP contribution in [0, 0.1) is 6.92 Å². The van der Waals surface area contributed by atoms with Crippen molar-refractivity contribution in [3.63, 3.8) is 0 Å². The van der Waals surface area contributed by atoms with E-state index in [1.807, 2.05) is 42.5 Å². The van der Waals surface area contributed by atoms with E-state index in [0.29, 0.717) is 12.5 Å². The minimum absolute atomic E-state index is 0.0611. The lowest BCUT2D eigenvalue weighted by atomic mass is 9.95. The van der Waals surface area contributed by atoms with Crippen LogP contribution in [0.15, 0.2) is 41.8 Å². The molecule has 1 aliphatic rings. The van der Waals surface area contributed by atoms with Crippen LogP contribution in [-0.4, -0.2) is 43.6 Å². The van der Waals surface area contributed by atoms with Crippen LogP contribution in [0.1, 0.15) is 29.2 Å². The summed E-state index contributed by atoms with van der Waals surface area (Å²) >= 11 is 1.87. The van der Waals surface area contributed by atoms with Gasteiger partial charge in [0.1, 0.15) is 5.75 Å². The molecule has 0 radical (unpaired) electrons. The van der Waals surface area contributed by atoms with Crippen LogP contribution >= 0.6 is 11.3 Å². The van der Waals surface area contributed by atoms with Gasteiger partial charge in [0.25, 0.3) is 5.91 Å². The normalized spacial score (nSPS) is 15.9. The number of carbonyl (C=O) groups excluding carboxylic acids is 1. The molecule has 0 atom stereocenters. The zero-order valence-electron chi connectivity index (χ0n) is 14.7. The summed E-state index contributed by atoms with van der Waals surface area (Å²) in [6.07, 6.45) is 2.43. The first-order valence-corrected chi connectivity index (χ1v) is 9.80. The Kier molecular flexibility index (Phi) is 6.48. The number of amides is 1. The van der Waals surface area contributed by atoms with Crippen molar-refractivity contribution < 1.29 is 9.53 Å². The summed E-state index contributed by atoms with van der Waals surface area (Å²) in [5.41, 5.74) is 1.18. The van der Waals surface area contributed by atoms with Crippen molar-refractivity contribution >= 4 is 17.2 Å². The van der Waals surface area contributed by atoms with Crippen molar-refractivity contribution in [2.45, 2.75) is 25.7 Å². The van der Waals surface area contributed by atoms with E-state index < -0.39 is 0 Å². The highest BCUT2D eigenvalue weighted by Crippen LogP contribution is 2.30. The van der Waals surface area contributed by atoms with Gasteiger partial charge in [-0.25, -0.2) is 0 Å². The van der Waals surface area contributed by atoms with E-state index >= 15 is 0 Å². The lowest BCUT2D eigenvalue weighted by Crippen LogP contribution is -2.40. The molecule has 1 aromatic carbocycles. The van der Waals surface area contributed by atoms with Gasteiger partial charge in [-0.05, 0) is 62.4 Å². The molecule has 1 saturated heterocycles. The monoisotopic (exact) mass is 358 g/mol. The lowest BCUT2D eigenvalue weighted by Gasteiger charge is -2.31. The number of carbonyl (C=O) groups is 1. The van der Waals surface area contributed by atoms with Crippen LogP contribution < -0.4 is 10.1 Å². The van der Waals surface area contributed by atoms with Gasteiger partial charge in [0, 0.05) is 18.0 Å². The first kappa shape index (κ1) is 18.0. The van der Waals surface area contributed by atoms with E-state index in [1.54, 1.807) is 0 Å². The average molecular weight is 359 g/mol. The first-order valence-electron chi connectivity index (χ1n) is 8.92. The van der Waals surface area contributed by atoms with E-state index in [4.69, 9.17) is 4.74 Å². The zero-order valence-corrected chi connectivity index (χ0v) is 15.6. The first-order chi connectivity index (χ1) is 12.2. The SMILES string of the molecule is Cc1ccc(OCC(=O)NCCN2CCC(c3cccs3)CC2)cc1. The highest BCUT2D eigenvalue weighted by molar-refractivity contribution is 7.10. The number of aryl methyl sites for hydroxylation is 1. The Labute approximate surface area is 153 Å². The van der Waals surface area contributed by atoms with Crippen LogP contribution in [0.4, 0.5) is 0 Å². The number of ether oxygens (including phenoxy) is 1. The van der Waals surface area contributed by atoms with Gasteiger partial charge in [-0.2, -0.15) is 0 Å². The second kappa shape index (κ2) is 9.02. The number of hydrogen-bond donors (Lipinski definition) is 1.